The summed E-state index contributed by atoms with van der Waals surface area (Å²) in [6.07, 6.45) is 0.423. The minimum Gasteiger partial charge on any atom is -0.507 e. The molecule has 3 aromatic rings. The number of hydrogen-bond acceptors (Lipinski definition) is 5. The van der Waals surface area contributed by atoms with Gasteiger partial charge in [0.15, 0.2) is 5.78 Å². The van der Waals surface area contributed by atoms with Gasteiger partial charge in [0.2, 0.25) is 5.78 Å². The zero-order chi connectivity index (χ0) is 21.4. The summed E-state index contributed by atoms with van der Waals surface area (Å²) in [5.41, 5.74) is 2.91. The van der Waals surface area contributed by atoms with Crippen molar-refractivity contribution in [2.45, 2.75) is 20.3 Å². The number of benzene rings is 3. The monoisotopic (exact) mass is 437 g/mol. The fourth-order valence-electron chi connectivity index (χ4n) is 4.07. The van der Waals surface area contributed by atoms with E-state index in [9.17, 15) is 19.8 Å². The van der Waals surface area contributed by atoms with Crippen LogP contribution in [0, 0.1) is 0 Å². The number of ketones is 2. The summed E-state index contributed by atoms with van der Waals surface area (Å²) in [6.45, 7) is 6.06. The Morgan fingerprint density at radius 1 is 0.774 bits per heavy atom. The molecule has 0 heterocycles. The zero-order valence-corrected chi connectivity index (χ0v) is 18.2. The van der Waals surface area contributed by atoms with E-state index in [0.29, 0.717) is 12.0 Å². The molecule has 0 unspecified atom stereocenters. The molecule has 0 fully saturated rings. The van der Waals surface area contributed by atoms with Gasteiger partial charge in [0, 0.05) is 36.3 Å². The van der Waals surface area contributed by atoms with E-state index in [1.165, 1.54) is 18.2 Å². The van der Waals surface area contributed by atoms with Crippen LogP contribution in [-0.4, -0.2) is 34.9 Å². The molecule has 0 saturated carbocycles. The van der Waals surface area contributed by atoms with Gasteiger partial charge in [-0.05, 0) is 49.2 Å². The Balaban J connectivity index is 0.00000272. The number of fused-ring (bicyclic) bond motifs is 2. The van der Waals surface area contributed by atoms with Crippen molar-refractivity contribution in [1.82, 2.24) is 0 Å². The highest BCUT2D eigenvalue weighted by atomic mass is 35.5. The van der Waals surface area contributed by atoms with Crippen molar-refractivity contribution in [2.75, 3.05) is 18.0 Å². The summed E-state index contributed by atoms with van der Waals surface area (Å²) < 4.78 is 0. The second kappa shape index (κ2) is 8.82. The van der Waals surface area contributed by atoms with Gasteiger partial charge in [0.1, 0.15) is 11.5 Å². The van der Waals surface area contributed by atoms with E-state index < -0.39 is 5.78 Å². The van der Waals surface area contributed by atoms with Crippen molar-refractivity contribution in [3.8, 4) is 11.5 Å². The lowest BCUT2D eigenvalue weighted by molar-refractivity contribution is 0.0974. The van der Waals surface area contributed by atoms with Crippen LogP contribution in [0.1, 0.15) is 56.8 Å². The van der Waals surface area contributed by atoms with Crippen LogP contribution < -0.4 is 4.90 Å². The predicted octanol–water partition coefficient (Wildman–Crippen LogP) is 4.73. The number of nitrogens with zero attached hydrogens (tertiary/aromatic N) is 1. The number of phenols is 2. The topological polar surface area (TPSA) is 77.8 Å². The Labute approximate surface area is 187 Å². The molecular weight excluding hydrogens is 414 g/mol. The molecule has 1 aliphatic carbocycles. The van der Waals surface area contributed by atoms with Crippen LogP contribution in [0.4, 0.5) is 5.69 Å². The smallest absolute Gasteiger partial charge is 0.201 e. The highest BCUT2D eigenvalue weighted by Crippen LogP contribution is 2.38. The van der Waals surface area contributed by atoms with Gasteiger partial charge in [0.25, 0.3) is 0 Å². The molecule has 160 valence electrons. The van der Waals surface area contributed by atoms with E-state index >= 15 is 0 Å². The van der Waals surface area contributed by atoms with Crippen molar-refractivity contribution in [1.29, 1.82) is 0 Å². The highest BCUT2D eigenvalue weighted by molar-refractivity contribution is 6.30. The van der Waals surface area contributed by atoms with Crippen LogP contribution in [0.15, 0.2) is 54.6 Å². The molecule has 0 spiro atoms. The van der Waals surface area contributed by atoms with Crippen molar-refractivity contribution < 1.29 is 19.8 Å². The summed E-state index contributed by atoms with van der Waals surface area (Å²) in [6, 6.07) is 15.8. The summed E-state index contributed by atoms with van der Waals surface area (Å²) in [5, 5.41) is 21.0. The van der Waals surface area contributed by atoms with E-state index in [-0.39, 0.29) is 51.9 Å². The number of hydrogen-bond donors (Lipinski definition) is 2. The number of carbonyl (C=O) groups is 2. The minimum atomic E-state index is -0.533. The number of anilines is 1. The van der Waals surface area contributed by atoms with Crippen molar-refractivity contribution in [3.05, 3.63) is 88.0 Å². The van der Waals surface area contributed by atoms with E-state index in [1.54, 1.807) is 12.1 Å². The van der Waals surface area contributed by atoms with E-state index in [1.807, 2.05) is 24.3 Å². The van der Waals surface area contributed by atoms with Gasteiger partial charge in [-0.2, -0.15) is 0 Å². The lowest BCUT2D eigenvalue weighted by Crippen LogP contribution is -2.21. The fraction of sp³-hybridized carbons (Fsp3) is 0.200. The average Bonchev–Trinajstić information content (AvgIpc) is 2.75. The predicted molar refractivity (Wildman–Crippen MR) is 123 cm³/mol. The van der Waals surface area contributed by atoms with Crippen LogP contribution in [0.25, 0.3) is 0 Å². The molecule has 0 amide bonds. The van der Waals surface area contributed by atoms with E-state index in [0.717, 1.165) is 24.3 Å². The average molecular weight is 438 g/mol. The van der Waals surface area contributed by atoms with Gasteiger partial charge in [-0.3, -0.25) is 9.59 Å². The maximum absolute atomic E-state index is 13.0. The van der Waals surface area contributed by atoms with Gasteiger partial charge in [-0.1, -0.05) is 30.3 Å². The third kappa shape index (κ3) is 3.77. The van der Waals surface area contributed by atoms with Crippen molar-refractivity contribution >= 4 is 29.7 Å². The Morgan fingerprint density at radius 3 is 2.06 bits per heavy atom. The van der Waals surface area contributed by atoms with Crippen LogP contribution >= 0.6 is 12.4 Å². The molecule has 0 saturated heterocycles. The molecule has 0 radical (unpaired) electrons. The van der Waals surface area contributed by atoms with Crippen LogP contribution in [0.3, 0.4) is 0 Å². The molecular formula is C25H24ClNO4. The van der Waals surface area contributed by atoms with Gasteiger partial charge in [-0.25, -0.2) is 0 Å². The SMILES string of the molecule is CCN(CC)c1ccc(Cc2ccc3c(c2O)C(=O)c2c(O)cccc2C3=O)cc1.Cl. The first-order valence-corrected chi connectivity index (χ1v) is 10.1. The Hall–Kier alpha value is -3.31. The van der Waals surface area contributed by atoms with Crippen molar-refractivity contribution in [2.24, 2.45) is 0 Å². The fourth-order valence-corrected chi connectivity index (χ4v) is 4.07. The lowest BCUT2D eigenvalue weighted by Gasteiger charge is -2.22. The molecule has 5 nitrogen and oxygen atoms in total. The normalized spacial score (nSPS) is 12.1. The third-order valence-electron chi connectivity index (χ3n) is 5.71. The largest absolute Gasteiger partial charge is 0.507 e. The first-order valence-electron chi connectivity index (χ1n) is 10.1. The summed E-state index contributed by atoms with van der Waals surface area (Å²) in [5.74, 6) is -1.37. The van der Waals surface area contributed by atoms with E-state index in [2.05, 4.69) is 18.7 Å². The second-order valence-corrected chi connectivity index (χ2v) is 7.37. The number of carbonyl (C=O) groups excluding carboxylic acids is 2. The quantitative estimate of drug-likeness (QED) is 0.472. The van der Waals surface area contributed by atoms with Crippen LogP contribution in [0.5, 0.6) is 11.5 Å². The Kier molecular flexibility index (Phi) is 6.37. The molecule has 0 aliphatic heterocycles. The summed E-state index contributed by atoms with van der Waals surface area (Å²) in [4.78, 5) is 28.1. The number of aromatic hydroxyl groups is 2. The number of rotatable bonds is 5. The number of phenolic OH excluding ortho intramolecular Hbond substituents is 2. The molecule has 0 atom stereocenters. The minimum absolute atomic E-state index is 0. The van der Waals surface area contributed by atoms with Crippen molar-refractivity contribution in [3.63, 3.8) is 0 Å². The lowest BCUT2D eigenvalue weighted by atomic mass is 9.81. The van der Waals surface area contributed by atoms with Gasteiger partial charge in [0.05, 0.1) is 11.1 Å². The highest BCUT2D eigenvalue weighted by Gasteiger charge is 2.34. The molecule has 1 aliphatic rings. The third-order valence-corrected chi connectivity index (χ3v) is 5.71. The van der Waals surface area contributed by atoms with Gasteiger partial charge >= 0.3 is 0 Å². The summed E-state index contributed by atoms with van der Waals surface area (Å²) in [7, 11) is 0. The summed E-state index contributed by atoms with van der Waals surface area (Å²) >= 11 is 0. The molecule has 3 aromatic carbocycles. The molecule has 0 bridgehead atoms. The molecule has 0 aromatic heterocycles. The first kappa shape index (κ1) is 22.4. The van der Waals surface area contributed by atoms with Gasteiger partial charge < -0.3 is 15.1 Å². The van der Waals surface area contributed by atoms with E-state index in [4.69, 9.17) is 0 Å². The second-order valence-electron chi connectivity index (χ2n) is 7.37. The Morgan fingerprint density at radius 2 is 1.42 bits per heavy atom. The zero-order valence-electron chi connectivity index (χ0n) is 17.4. The standard InChI is InChI=1S/C25H23NO4.ClH/c1-3-26(4-2)17-11-8-15(9-12-17)14-16-10-13-19-22(23(16)28)25(30)21-18(24(19)29)6-5-7-20(21)27;/h5-13,27-28H,3-4,14H2,1-2H3;1H. The first-order chi connectivity index (χ1) is 14.5. The van der Waals surface area contributed by atoms with Crippen LogP contribution in [0.2, 0.25) is 0 Å². The molecule has 31 heavy (non-hydrogen) atoms. The maximum Gasteiger partial charge on any atom is 0.201 e. The number of halogens is 1. The molecule has 6 heteroatoms. The Bertz CT molecular complexity index is 1150. The molecule has 2 N–H and O–H groups in total. The van der Waals surface area contributed by atoms with Crippen LogP contribution in [-0.2, 0) is 6.42 Å². The molecule has 4 rings (SSSR count). The maximum atomic E-state index is 13.0. The van der Waals surface area contributed by atoms with Gasteiger partial charge in [-0.15, -0.1) is 12.4 Å².